The van der Waals surface area contributed by atoms with E-state index < -0.39 is 0 Å². The quantitative estimate of drug-likeness (QED) is 0.527. The Hall–Kier alpha value is -2.73. The number of nitrogens with zero attached hydrogens (tertiary/aromatic N) is 1. The molecule has 1 aliphatic rings. The number of hydrogen-bond acceptors (Lipinski definition) is 5. The molecular weight excluding hydrogens is 326 g/mol. The van der Waals surface area contributed by atoms with Crippen LogP contribution in [0.2, 0.25) is 0 Å². The predicted molar refractivity (Wildman–Crippen MR) is 96.0 cm³/mol. The van der Waals surface area contributed by atoms with E-state index in [0.717, 1.165) is 11.3 Å². The van der Waals surface area contributed by atoms with Crippen molar-refractivity contribution in [3.8, 4) is 0 Å². The van der Waals surface area contributed by atoms with Gasteiger partial charge in [-0.3, -0.25) is 19.0 Å². The van der Waals surface area contributed by atoms with Crippen molar-refractivity contribution >= 4 is 51.2 Å². The SMILES string of the molecule is C=Cc1c(C(O)=C2C(=O)CCCC2=O)ccc2sc(=O)n(C=C)c12. The Labute approximate surface area is 141 Å². The van der Waals surface area contributed by atoms with Gasteiger partial charge in [-0.2, -0.15) is 0 Å². The summed E-state index contributed by atoms with van der Waals surface area (Å²) < 4.78 is 2.07. The molecule has 122 valence electrons. The van der Waals surface area contributed by atoms with Crippen LogP contribution < -0.4 is 4.87 Å². The molecule has 1 saturated carbocycles. The number of ketones is 2. The Bertz CT molecular complexity index is 972. The van der Waals surface area contributed by atoms with E-state index in [1.165, 1.54) is 16.8 Å². The van der Waals surface area contributed by atoms with Crippen molar-refractivity contribution in [3.05, 3.63) is 51.7 Å². The number of benzene rings is 1. The summed E-state index contributed by atoms with van der Waals surface area (Å²) in [6, 6.07) is 3.28. The van der Waals surface area contributed by atoms with Crippen LogP contribution in [0, 0.1) is 0 Å². The summed E-state index contributed by atoms with van der Waals surface area (Å²) in [5, 5.41) is 10.6. The molecule has 0 bridgehead atoms. The Morgan fingerprint density at radius 2 is 1.83 bits per heavy atom. The fourth-order valence-electron chi connectivity index (χ4n) is 2.95. The van der Waals surface area contributed by atoms with Gasteiger partial charge in [0.2, 0.25) is 0 Å². The summed E-state index contributed by atoms with van der Waals surface area (Å²) >= 11 is 1.05. The van der Waals surface area contributed by atoms with Crippen LogP contribution in [0.4, 0.5) is 0 Å². The van der Waals surface area contributed by atoms with Crippen molar-refractivity contribution in [2.24, 2.45) is 0 Å². The minimum atomic E-state index is -0.356. The molecule has 2 aromatic rings. The number of carbonyl (C=O) groups is 2. The highest BCUT2D eigenvalue weighted by atomic mass is 32.1. The Kier molecular flexibility index (Phi) is 4.07. The van der Waals surface area contributed by atoms with Gasteiger partial charge in [-0.15, -0.1) is 0 Å². The summed E-state index contributed by atoms with van der Waals surface area (Å²) in [5.41, 5.74) is 1.19. The summed E-state index contributed by atoms with van der Waals surface area (Å²) in [6.07, 6.45) is 3.87. The molecule has 0 saturated heterocycles. The van der Waals surface area contributed by atoms with Crippen LogP contribution in [-0.4, -0.2) is 21.2 Å². The number of rotatable bonds is 3. The number of aliphatic hydroxyl groups is 1. The van der Waals surface area contributed by atoms with Crippen molar-refractivity contribution in [1.29, 1.82) is 0 Å². The maximum atomic E-state index is 12.1. The fourth-order valence-corrected chi connectivity index (χ4v) is 3.84. The monoisotopic (exact) mass is 341 g/mol. The van der Waals surface area contributed by atoms with E-state index >= 15 is 0 Å². The number of thiazole rings is 1. The molecule has 1 aromatic heterocycles. The number of hydrogen-bond donors (Lipinski definition) is 1. The number of aliphatic hydroxyl groups excluding tert-OH is 1. The Morgan fingerprint density at radius 3 is 2.42 bits per heavy atom. The molecule has 0 aliphatic heterocycles. The normalized spacial score (nSPS) is 14.9. The van der Waals surface area contributed by atoms with Gasteiger partial charge >= 0.3 is 4.87 Å². The lowest BCUT2D eigenvalue weighted by Gasteiger charge is -2.15. The van der Waals surface area contributed by atoms with Gasteiger partial charge in [0.15, 0.2) is 11.6 Å². The van der Waals surface area contributed by atoms with Crippen LogP contribution in [0.15, 0.2) is 35.7 Å². The zero-order valence-corrected chi connectivity index (χ0v) is 13.7. The minimum Gasteiger partial charge on any atom is -0.506 e. The Morgan fingerprint density at radius 1 is 1.17 bits per heavy atom. The Balaban J connectivity index is 2.36. The third kappa shape index (κ3) is 2.35. The average Bonchev–Trinajstić information content (AvgIpc) is 2.88. The molecule has 1 fully saturated rings. The molecule has 24 heavy (non-hydrogen) atoms. The van der Waals surface area contributed by atoms with E-state index in [9.17, 15) is 19.5 Å². The zero-order chi connectivity index (χ0) is 17.4. The second-order valence-corrected chi connectivity index (χ2v) is 6.41. The standard InChI is InChI=1S/C18H15NO4S/c1-3-10-11(17(22)15-12(20)6-5-7-13(15)21)8-9-14-16(10)19(4-2)18(23)24-14/h3-4,8-9,22H,1-2,5-7H2. The van der Waals surface area contributed by atoms with Gasteiger partial charge in [-0.05, 0) is 18.6 Å². The van der Waals surface area contributed by atoms with E-state index in [0.29, 0.717) is 27.8 Å². The number of allylic oxidation sites excluding steroid dienone is 1. The lowest BCUT2D eigenvalue weighted by molar-refractivity contribution is -0.123. The average molecular weight is 341 g/mol. The molecule has 3 rings (SSSR count). The second-order valence-electron chi connectivity index (χ2n) is 5.42. The molecule has 0 amide bonds. The van der Waals surface area contributed by atoms with Crippen LogP contribution in [-0.2, 0) is 9.59 Å². The van der Waals surface area contributed by atoms with Crippen molar-refractivity contribution in [2.45, 2.75) is 19.3 Å². The molecule has 0 radical (unpaired) electrons. The maximum Gasteiger partial charge on any atom is 0.312 e. The lowest BCUT2D eigenvalue weighted by Crippen LogP contribution is -2.20. The van der Waals surface area contributed by atoms with Gasteiger partial charge in [0.05, 0.1) is 10.2 Å². The highest BCUT2D eigenvalue weighted by molar-refractivity contribution is 7.16. The van der Waals surface area contributed by atoms with Crippen LogP contribution >= 0.6 is 11.3 Å². The molecule has 5 nitrogen and oxygen atoms in total. The van der Waals surface area contributed by atoms with Gasteiger partial charge < -0.3 is 5.11 Å². The minimum absolute atomic E-state index is 0.161. The first kappa shape index (κ1) is 16.1. The summed E-state index contributed by atoms with van der Waals surface area (Å²) in [5.74, 6) is -1.06. The fraction of sp³-hybridized carbons (Fsp3) is 0.167. The number of aromatic nitrogens is 1. The molecular formula is C18H15NO4S. The van der Waals surface area contributed by atoms with Crippen molar-refractivity contribution in [2.75, 3.05) is 0 Å². The van der Waals surface area contributed by atoms with Crippen LogP contribution in [0.5, 0.6) is 0 Å². The zero-order valence-electron chi connectivity index (χ0n) is 12.9. The topological polar surface area (TPSA) is 76.4 Å². The van der Waals surface area contributed by atoms with Gasteiger partial charge in [0.1, 0.15) is 11.3 Å². The van der Waals surface area contributed by atoms with Crippen molar-refractivity contribution < 1.29 is 14.7 Å². The summed E-state index contributed by atoms with van der Waals surface area (Å²) in [7, 11) is 0. The first-order valence-corrected chi connectivity index (χ1v) is 8.24. The molecule has 0 unspecified atom stereocenters. The molecule has 0 atom stereocenters. The van der Waals surface area contributed by atoms with E-state index in [2.05, 4.69) is 13.2 Å². The van der Waals surface area contributed by atoms with Gasteiger partial charge in [-0.25, -0.2) is 0 Å². The third-order valence-corrected chi connectivity index (χ3v) is 4.98. The highest BCUT2D eigenvalue weighted by Gasteiger charge is 2.28. The van der Waals surface area contributed by atoms with Gasteiger partial charge in [0, 0.05) is 30.2 Å². The first-order chi connectivity index (χ1) is 11.5. The van der Waals surface area contributed by atoms with Crippen LogP contribution in [0.1, 0.15) is 30.4 Å². The number of fused-ring (bicyclic) bond motifs is 1. The largest absolute Gasteiger partial charge is 0.506 e. The van der Waals surface area contributed by atoms with E-state index in [-0.39, 0.29) is 40.6 Å². The van der Waals surface area contributed by atoms with E-state index in [1.807, 2.05) is 0 Å². The predicted octanol–water partition coefficient (Wildman–Crippen LogP) is 3.40. The van der Waals surface area contributed by atoms with Gasteiger partial charge in [-0.1, -0.05) is 30.6 Å². The molecule has 1 aromatic carbocycles. The van der Waals surface area contributed by atoms with Crippen LogP contribution in [0.25, 0.3) is 28.3 Å². The smallest absolute Gasteiger partial charge is 0.312 e. The van der Waals surface area contributed by atoms with E-state index in [1.54, 1.807) is 12.1 Å². The number of Topliss-reactive ketones (excluding diaryl/α,β-unsaturated/α-hetero) is 2. The first-order valence-electron chi connectivity index (χ1n) is 7.42. The summed E-state index contributed by atoms with van der Waals surface area (Å²) in [6.45, 7) is 7.37. The molecule has 1 N–H and O–H groups in total. The molecule has 6 heteroatoms. The highest BCUT2D eigenvalue weighted by Crippen LogP contribution is 2.32. The summed E-state index contributed by atoms with van der Waals surface area (Å²) in [4.78, 5) is 36.0. The van der Waals surface area contributed by atoms with Crippen molar-refractivity contribution in [1.82, 2.24) is 4.57 Å². The third-order valence-electron chi connectivity index (χ3n) is 4.06. The van der Waals surface area contributed by atoms with Gasteiger partial charge in [0.25, 0.3) is 0 Å². The van der Waals surface area contributed by atoms with Crippen LogP contribution in [0.3, 0.4) is 0 Å². The van der Waals surface area contributed by atoms with E-state index in [4.69, 9.17) is 0 Å². The lowest BCUT2D eigenvalue weighted by atomic mass is 9.88. The second kappa shape index (κ2) is 6.05. The van der Waals surface area contributed by atoms with Crippen molar-refractivity contribution in [3.63, 3.8) is 0 Å². The maximum absolute atomic E-state index is 12.1. The molecule has 1 aliphatic carbocycles. The molecule has 0 spiro atoms. The number of carbonyl (C=O) groups excluding carboxylic acids is 2. The molecule has 1 heterocycles.